The number of nitro groups is 1. The molecule has 2 aromatic heterocycles. The molecule has 0 aliphatic carbocycles. The summed E-state index contributed by atoms with van der Waals surface area (Å²) >= 11 is 3.39. The van der Waals surface area contributed by atoms with Crippen molar-refractivity contribution in [3.8, 4) is 11.6 Å². The number of anilines is 1. The van der Waals surface area contributed by atoms with Gasteiger partial charge in [-0.15, -0.1) is 0 Å². The monoisotopic (exact) mass is 426 g/mol. The van der Waals surface area contributed by atoms with Gasteiger partial charge in [0.2, 0.25) is 0 Å². The number of H-pyrrole nitrogens is 1. The number of aromatic nitrogens is 2. The molecule has 134 valence electrons. The Morgan fingerprint density at radius 2 is 1.96 bits per heavy atom. The van der Waals surface area contributed by atoms with Gasteiger partial charge in [-0.3, -0.25) is 14.9 Å². The number of carbonyl (C=O) groups excluding carboxylic acids is 1. The van der Waals surface area contributed by atoms with Crippen LogP contribution in [0.25, 0.3) is 22.6 Å². The van der Waals surface area contributed by atoms with Crippen LogP contribution in [0, 0.1) is 10.1 Å². The molecule has 0 saturated carbocycles. The molecule has 2 heterocycles. The first-order chi connectivity index (χ1) is 13.0. The Hall–Kier alpha value is -3.46. The van der Waals surface area contributed by atoms with Crippen molar-refractivity contribution in [1.82, 2.24) is 9.97 Å². The van der Waals surface area contributed by atoms with Crippen LogP contribution in [-0.4, -0.2) is 20.8 Å². The van der Waals surface area contributed by atoms with Crippen LogP contribution in [0.2, 0.25) is 0 Å². The van der Waals surface area contributed by atoms with Crippen LogP contribution in [0.4, 0.5) is 11.6 Å². The maximum Gasteiger partial charge on any atom is 0.433 e. The van der Waals surface area contributed by atoms with Gasteiger partial charge >= 0.3 is 5.88 Å². The van der Waals surface area contributed by atoms with Gasteiger partial charge in [-0.2, -0.15) is 0 Å². The topological polar surface area (TPSA) is 114 Å². The molecule has 0 atom stereocenters. The minimum absolute atomic E-state index is 0.218. The largest absolute Gasteiger partial charge is 0.433 e. The van der Waals surface area contributed by atoms with E-state index in [9.17, 15) is 14.9 Å². The van der Waals surface area contributed by atoms with E-state index in [4.69, 9.17) is 4.42 Å². The van der Waals surface area contributed by atoms with E-state index in [1.807, 2.05) is 18.2 Å². The van der Waals surface area contributed by atoms with Crippen LogP contribution in [0.15, 0.2) is 63.5 Å². The fourth-order valence-corrected chi connectivity index (χ4v) is 3.02. The van der Waals surface area contributed by atoms with E-state index < -0.39 is 4.92 Å². The van der Waals surface area contributed by atoms with Gasteiger partial charge in [-0.05, 0) is 46.3 Å². The van der Waals surface area contributed by atoms with Crippen LogP contribution < -0.4 is 5.32 Å². The zero-order valence-corrected chi connectivity index (χ0v) is 15.2. The van der Waals surface area contributed by atoms with Crippen LogP contribution in [-0.2, 0) is 0 Å². The number of imidazole rings is 1. The number of para-hydroxylation sites is 2. The predicted octanol–water partition coefficient (Wildman–Crippen LogP) is 4.75. The molecular formula is C18H11BrN4O4. The molecule has 0 spiro atoms. The van der Waals surface area contributed by atoms with Crippen LogP contribution in [0.5, 0.6) is 0 Å². The van der Waals surface area contributed by atoms with Crippen molar-refractivity contribution in [2.24, 2.45) is 0 Å². The summed E-state index contributed by atoms with van der Waals surface area (Å²) in [5.74, 6) is -0.178. The zero-order valence-electron chi connectivity index (χ0n) is 13.6. The number of hydrogen-bond donors (Lipinski definition) is 2. The SMILES string of the molecule is O=C(Nc1ccccc1Br)c1cccc2[nH]c(-c3ccc([N+](=O)[O-])o3)nc12. The number of halogens is 1. The van der Waals surface area contributed by atoms with E-state index >= 15 is 0 Å². The first-order valence-corrected chi connectivity index (χ1v) is 8.61. The minimum Gasteiger partial charge on any atom is -0.397 e. The Balaban J connectivity index is 1.71. The van der Waals surface area contributed by atoms with Gasteiger partial charge in [0.15, 0.2) is 11.6 Å². The molecule has 0 fully saturated rings. The number of nitrogens with zero attached hydrogens (tertiary/aromatic N) is 2. The normalized spacial score (nSPS) is 10.9. The second-order valence-electron chi connectivity index (χ2n) is 5.62. The molecule has 2 aromatic carbocycles. The molecule has 4 aromatic rings. The molecule has 0 aliphatic rings. The van der Waals surface area contributed by atoms with Gasteiger partial charge in [0.25, 0.3) is 5.91 Å². The molecule has 0 radical (unpaired) electrons. The second kappa shape index (κ2) is 6.69. The third kappa shape index (κ3) is 3.20. The van der Waals surface area contributed by atoms with Crippen molar-refractivity contribution in [3.05, 3.63) is 74.7 Å². The molecule has 0 bridgehead atoms. The number of rotatable bonds is 4. The number of nitrogens with one attached hydrogen (secondary N) is 2. The van der Waals surface area contributed by atoms with Crippen molar-refractivity contribution in [1.29, 1.82) is 0 Å². The summed E-state index contributed by atoms with van der Waals surface area (Å²) in [6, 6.07) is 15.1. The van der Waals surface area contributed by atoms with Crippen molar-refractivity contribution >= 4 is 44.4 Å². The Kier molecular flexibility index (Phi) is 4.21. The van der Waals surface area contributed by atoms with Crippen LogP contribution >= 0.6 is 15.9 Å². The number of furan rings is 1. The van der Waals surface area contributed by atoms with Gasteiger partial charge in [0.05, 0.1) is 22.8 Å². The third-order valence-corrected chi connectivity index (χ3v) is 4.58. The maximum absolute atomic E-state index is 12.7. The Bertz CT molecular complexity index is 1180. The molecule has 0 unspecified atom stereocenters. The lowest BCUT2D eigenvalue weighted by Crippen LogP contribution is -2.12. The van der Waals surface area contributed by atoms with Crippen LogP contribution in [0.3, 0.4) is 0 Å². The van der Waals surface area contributed by atoms with Gasteiger partial charge in [-0.25, -0.2) is 4.98 Å². The van der Waals surface area contributed by atoms with E-state index in [-0.39, 0.29) is 17.6 Å². The van der Waals surface area contributed by atoms with E-state index in [2.05, 4.69) is 31.2 Å². The first-order valence-electron chi connectivity index (χ1n) is 7.82. The van der Waals surface area contributed by atoms with E-state index in [0.29, 0.717) is 28.1 Å². The third-order valence-electron chi connectivity index (χ3n) is 3.88. The Morgan fingerprint density at radius 3 is 2.70 bits per heavy atom. The predicted molar refractivity (Wildman–Crippen MR) is 103 cm³/mol. The van der Waals surface area contributed by atoms with Gasteiger partial charge in [0, 0.05) is 4.47 Å². The number of amides is 1. The molecule has 8 nitrogen and oxygen atoms in total. The molecule has 0 aliphatic heterocycles. The van der Waals surface area contributed by atoms with Gasteiger partial charge < -0.3 is 14.7 Å². The van der Waals surface area contributed by atoms with E-state index in [1.165, 1.54) is 12.1 Å². The fourth-order valence-electron chi connectivity index (χ4n) is 2.64. The number of aromatic amines is 1. The minimum atomic E-state index is -0.622. The quantitative estimate of drug-likeness (QED) is 0.361. The molecule has 27 heavy (non-hydrogen) atoms. The molecule has 0 saturated heterocycles. The number of hydrogen-bond acceptors (Lipinski definition) is 5. The number of benzene rings is 2. The fraction of sp³-hybridized carbons (Fsp3) is 0. The lowest BCUT2D eigenvalue weighted by Gasteiger charge is -2.07. The van der Waals surface area contributed by atoms with Crippen molar-refractivity contribution in [3.63, 3.8) is 0 Å². The summed E-state index contributed by atoms with van der Waals surface area (Å²) in [5, 5.41) is 13.6. The summed E-state index contributed by atoms with van der Waals surface area (Å²) < 4.78 is 5.93. The van der Waals surface area contributed by atoms with E-state index in [1.54, 1.807) is 24.3 Å². The van der Waals surface area contributed by atoms with Crippen LogP contribution in [0.1, 0.15) is 10.4 Å². The Labute approximate surface area is 160 Å². The first kappa shape index (κ1) is 17.0. The van der Waals surface area contributed by atoms with Gasteiger partial charge in [0.1, 0.15) is 10.4 Å². The van der Waals surface area contributed by atoms with Crippen molar-refractivity contribution in [2.45, 2.75) is 0 Å². The summed E-state index contributed by atoms with van der Waals surface area (Å²) in [6.07, 6.45) is 0. The Morgan fingerprint density at radius 1 is 1.15 bits per heavy atom. The second-order valence-corrected chi connectivity index (χ2v) is 6.47. The van der Waals surface area contributed by atoms with Crippen molar-refractivity contribution in [2.75, 3.05) is 5.32 Å². The van der Waals surface area contributed by atoms with E-state index in [0.717, 1.165) is 4.47 Å². The maximum atomic E-state index is 12.7. The smallest absolute Gasteiger partial charge is 0.397 e. The highest BCUT2D eigenvalue weighted by molar-refractivity contribution is 9.10. The molecule has 4 rings (SSSR count). The molecule has 1 amide bonds. The summed E-state index contributed by atoms with van der Waals surface area (Å²) in [5.41, 5.74) is 2.06. The average Bonchev–Trinajstić information content (AvgIpc) is 3.30. The highest BCUT2D eigenvalue weighted by Gasteiger charge is 2.19. The zero-order chi connectivity index (χ0) is 19.0. The highest BCUT2D eigenvalue weighted by atomic mass is 79.9. The highest BCUT2D eigenvalue weighted by Crippen LogP contribution is 2.28. The summed E-state index contributed by atoms with van der Waals surface area (Å²) in [7, 11) is 0. The number of carbonyl (C=O) groups is 1. The molecular weight excluding hydrogens is 416 g/mol. The summed E-state index contributed by atoms with van der Waals surface area (Å²) in [4.78, 5) is 30.3. The lowest BCUT2D eigenvalue weighted by molar-refractivity contribution is -0.401. The summed E-state index contributed by atoms with van der Waals surface area (Å²) in [6.45, 7) is 0. The molecule has 2 N–H and O–H groups in total. The molecule has 9 heteroatoms. The lowest BCUT2D eigenvalue weighted by atomic mass is 10.1. The standard InChI is InChI=1S/C18H11BrN4O4/c19-11-5-1-2-6-12(11)21-18(24)10-4-3-7-13-16(10)22-17(20-13)14-8-9-15(27-14)23(25)26/h1-9H,(H,20,22)(H,21,24). The van der Waals surface area contributed by atoms with Gasteiger partial charge in [-0.1, -0.05) is 18.2 Å². The average molecular weight is 427 g/mol. The number of fused-ring (bicyclic) bond motifs is 1. The van der Waals surface area contributed by atoms with Crippen molar-refractivity contribution < 1.29 is 14.1 Å².